The van der Waals surface area contributed by atoms with E-state index in [2.05, 4.69) is 10.6 Å². The molecule has 1 saturated heterocycles. The highest BCUT2D eigenvalue weighted by Gasteiger charge is 2.17. The lowest BCUT2D eigenvalue weighted by Gasteiger charge is -2.13. The summed E-state index contributed by atoms with van der Waals surface area (Å²) in [7, 11) is 0. The second-order valence-corrected chi connectivity index (χ2v) is 6.92. The summed E-state index contributed by atoms with van der Waals surface area (Å²) in [5.41, 5.74) is 1.43. The van der Waals surface area contributed by atoms with Crippen molar-refractivity contribution < 1.29 is 23.8 Å². The van der Waals surface area contributed by atoms with Crippen LogP contribution in [0.5, 0.6) is 5.75 Å². The monoisotopic (exact) mass is 412 g/mol. The molecule has 0 saturated carbocycles. The summed E-state index contributed by atoms with van der Waals surface area (Å²) in [6.45, 7) is 4.58. The van der Waals surface area contributed by atoms with Crippen LogP contribution in [0.1, 0.15) is 40.5 Å². The Hall–Kier alpha value is -2.90. The molecule has 1 heterocycles. The summed E-state index contributed by atoms with van der Waals surface area (Å²) in [5.74, 6) is -0.0136. The molecule has 1 aliphatic heterocycles. The van der Waals surface area contributed by atoms with Crippen molar-refractivity contribution in [2.24, 2.45) is 0 Å². The van der Waals surface area contributed by atoms with E-state index in [1.54, 1.807) is 42.5 Å². The van der Waals surface area contributed by atoms with Gasteiger partial charge in [0.25, 0.3) is 11.8 Å². The van der Waals surface area contributed by atoms with Gasteiger partial charge in [0.1, 0.15) is 12.4 Å². The molecule has 0 radical (unpaired) electrons. The molecule has 1 unspecified atom stereocenters. The quantitative estimate of drug-likeness (QED) is 0.585. The van der Waals surface area contributed by atoms with Gasteiger partial charge in [-0.1, -0.05) is 18.2 Å². The molecule has 1 aliphatic rings. The largest absolute Gasteiger partial charge is 0.490 e. The smallest absolute Gasteiger partial charge is 0.259 e. The van der Waals surface area contributed by atoms with Crippen LogP contribution < -0.4 is 15.4 Å². The van der Waals surface area contributed by atoms with Gasteiger partial charge in [-0.05, 0) is 50.1 Å². The first-order chi connectivity index (χ1) is 14.7. The molecule has 160 valence electrons. The molecule has 0 aliphatic carbocycles. The van der Waals surface area contributed by atoms with E-state index in [-0.39, 0.29) is 17.9 Å². The van der Waals surface area contributed by atoms with Gasteiger partial charge in [0.2, 0.25) is 0 Å². The van der Waals surface area contributed by atoms with E-state index in [0.717, 1.165) is 19.4 Å². The highest BCUT2D eigenvalue weighted by atomic mass is 16.5. The molecule has 1 fully saturated rings. The van der Waals surface area contributed by atoms with Gasteiger partial charge in [-0.3, -0.25) is 9.59 Å². The van der Waals surface area contributed by atoms with E-state index in [9.17, 15) is 9.59 Å². The minimum absolute atomic E-state index is 0.0797. The average molecular weight is 412 g/mol. The van der Waals surface area contributed by atoms with Crippen LogP contribution in [0.3, 0.4) is 0 Å². The van der Waals surface area contributed by atoms with Crippen LogP contribution in [0.4, 0.5) is 5.69 Å². The highest BCUT2D eigenvalue weighted by Crippen LogP contribution is 2.20. The molecule has 7 nitrogen and oxygen atoms in total. The molecule has 2 aromatic rings. The van der Waals surface area contributed by atoms with Gasteiger partial charge >= 0.3 is 0 Å². The molecule has 7 heteroatoms. The third-order valence-corrected chi connectivity index (χ3v) is 4.72. The summed E-state index contributed by atoms with van der Waals surface area (Å²) in [4.78, 5) is 25.2. The van der Waals surface area contributed by atoms with E-state index >= 15 is 0 Å². The fourth-order valence-electron chi connectivity index (χ4n) is 3.19. The van der Waals surface area contributed by atoms with Crippen LogP contribution in [-0.4, -0.2) is 50.9 Å². The predicted molar refractivity (Wildman–Crippen MR) is 114 cm³/mol. The normalized spacial score (nSPS) is 15.6. The Morgan fingerprint density at radius 3 is 2.77 bits per heavy atom. The number of anilines is 1. The van der Waals surface area contributed by atoms with Crippen LogP contribution >= 0.6 is 0 Å². The minimum atomic E-state index is -0.307. The van der Waals surface area contributed by atoms with Gasteiger partial charge in [0.05, 0.1) is 18.3 Å². The van der Waals surface area contributed by atoms with Gasteiger partial charge in [-0.2, -0.15) is 0 Å². The van der Waals surface area contributed by atoms with Gasteiger partial charge in [0.15, 0.2) is 0 Å². The molecule has 3 rings (SSSR count). The molecule has 30 heavy (non-hydrogen) atoms. The van der Waals surface area contributed by atoms with E-state index in [0.29, 0.717) is 48.9 Å². The lowest BCUT2D eigenvalue weighted by atomic mass is 10.1. The van der Waals surface area contributed by atoms with E-state index in [1.807, 2.05) is 13.0 Å². The first-order valence-corrected chi connectivity index (χ1v) is 10.3. The number of rotatable bonds is 10. The number of para-hydroxylation sites is 1. The second-order valence-electron chi connectivity index (χ2n) is 6.92. The number of hydrogen-bond donors (Lipinski definition) is 2. The lowest BCUT2D eigenvalue weighted by molar-refractivity contribution is 0.0857. The summed E-state index contributed by atoms with van der Waals surface area (Å²) in [6.07, 6.45) is 2.07. The van der Waals surface area contributed by atoms with Crippen molar-refractivity contribution in [3.63, 3.8) is 0 Å². The van der Waals surface area contributed by atoms with Crippen LogP contribution in [0.15, 0.2) is 48.5 Å². The Balaban J connectivity index is 1.60. The Kier molecular flexibility index (Phi) is 8.23. The minimum Gasteiger partial charge on any atom is -0.490 e. The first kappa shape index (κ1) is 21.8. The molecular formula is C23H28N2O5. The highest BCUT2D eigenvalue weighted by molar-refractivity contribution is 6.06. The van der Waals surface area contributed by atoms with Crippen LogP contribution in [0.25, 0.3) is 0 Å². The summed E-state index contributed by atoms with van der Waals surface area (Å²) < 4.78 is 16.5. The molecule has 2 N–H and O–H groups in total. The van der Waals surface area contributed by atoms with Crippen molar-refractivity contribution in [3.05, 3.63) is 59.7 Å². The zero-order chi connectivity index (χ0) is 21.2. The first-order valence-electron chi connectivity index (χ1n) is 10.3. The van der Waals surface area contributed by atoms with Crippen molar-refractivity contribution in [2.45, 2.75) is 25.9 Å². The van der Waals surface area contributed by atoms with E-state index in [1.165, 1.54) is 0 Å². The van der Waals surface area contributed by atoms with Crippen molar-refractivity contribution in [2.75, 3.05) is 38.3 Å². The van der Waals surface area contributed by atoms with E-state index in [4.69, 9.17) is 14.2 Å². The van der Waals surface area contributed by atoms with Gasteiger partial charge in [-0.15, -0.1) is 0 Å². The van der Waals surface area contributed by atoms with Gasteiger partial charge in [0, 0.05) is 31.0 Å². The van der Waals surface area contributed by atoms with Crippen molar-refractivity contribution in [1.82, 2.24) is 5.32 Å². The molecule has 0 aromatic heterocycles. The average Bonchev–Trinajstić information content (AvgIpc) is 3.29. The fourth-order valence-corrected chi connectivity index (χ4v) is 3.19. The number of hydrogen-bond acceptors (Lipinski definition) is 5. The Bertz CT molecular complexity index is 849. The van der Waals surface area contributed by atoms with Crippen LogP contribution in [0.2, 0.25) is 0 Å². The van der Waals surface area contributed by atoms with Crippen LogP contribution in [0, 0.1) is 0 Å². The summed E-state index contributed by atoms with van der Waals surface area (Å²) >= 11 is 0. The Morgan fingerprint density at radius 2 is 1.97 bits per heavy atom. The maximum absolute atomic E-state index is 12.8. The third-order valence-electron chi connectivity index (χ3n) is 4.72. The number of carbonyl (C=O) groups excluding carboxylic acids is 2. The Morgan fingerprint density at radius 1 is 1.10 bits per heavy atom. The van der Waals surface area contributed by atoms with Crippen LogP contribution in [-0.2, 0) is 9.47 Å². The maximum atomic E-state index is 12.8. The summed E-state index contributed by atoms with van der Waals surface area (Å²) in [6, 6.07) is 13.9. The summed E-state index contributed by atoms with van der Waals surface area (Å²) in [5, 5.41) is 5.73. The van der Waals surface area contributed by atoms with Gasteiger partial charge < -0.3 is 24.8 Å². The fraction of sp³-hybridized carbons (Fsp3) is 0.391. The molecular weight excluding hydrogens is 384 g/mol. The van der Waals surface area contributed by atoms with E-state index < -0.39 is 0 Å². The standard InChI is InChI=1S/C23H28N2O5/c1-2-28-13-14-30-21-11-4-3-10-20(21)23(27)25-18-8-5-7-17(15-18)22(26)24-16-19-9-6-12-29-19/h3-5,7-8,10-11,15,19H,2,6,9,12-14,16H2,1H3,(H,24,26)(H,25,27). The second kappa shape index (κ2) is 11.3. The van der Waals surface area contributed by atoms with Crippen molar-refractivity contribution >= 4 is 17.5 Å². The Labute approximate surface area is 176 Å². The van der Waals surface area contributed by atoms with Crippen molar-refractivity contribution in [1.29, 1.82) is 0 Å². The molecule has 2 amide bonds. The number of carbonyl (C=O) groups is 2. The predicted octanol–water partition coefficient (Wildman–Crippen LogP) is 3.26. The number of amides is 2. The molecule has 0 spiro atoms. The number of nitrogens with one attached hydrogen (secondary N) is 2. The molecule has 1 atom stereocenters. The molecule has 0 bridgehead atoms. The topological polar surface area (TPSA) is 85.9 Å². The zero-order valence-electron chi connectivity index (χ0n) is 17.2. The lowest BCUT2D eigenvalue weighted by Crippen LogP contribution is -2.31. The number of benzene rings is 2. The molecule has 2 aromatic carbocycles. The number of ether oxygens (including phenoxy) is 3. The van der Waals surface area contributed by atoms with Crippen molar-refractivity contribution in [3.8, 4) is 5.75 Å². The van der Waals surface area contributed by atoms with Gasteiger partial charge in [-0.25, -0.2) is 0 Å². The SMILES string of the molecule is CCOCCOc1ccccc1C(=O)Nc1cccc(C(=O)NCC2CCCO2)c1. The third kappa shape index (κ3) is 6.30. The zero-order valence-corrected chi connectivity index (χ0v) is 17.2. The maximum Gasteiger partial charge on any atom is 0.259 e.